The molecule has 196 valence electrons. The number of tetrazole rings is 2. The van der Waals surface area contributed by atoms with Crippen LogP contribution in [0.4, 0.5) is 0 Å². The summed E-state index contributed by atoms with van der Waals surface area (Å²) in [5.41, 5.74) is 0. The van der Waals surface area contributed by atoms with Crippen LogP contribution < -0.4 is 12.5 Å². The molecule has 2 N–H and O–H groups in total. The summed E-state index contributed by atoms with van der Waals surface area (Å²) in [4.78, 5) is 0. The standard InChI is InChI=1S/C6H10N8.4C6H5.2Tl/c1(3-5-7-11-12-8-5)2-4-6-9-13-14-10-6;4*1-2-4-6-5-3-1;;/h1-4H2,(H,7,8,11,12)(H,9,10,13,14);4*1-5H;;. The van der Waals surface area contributed by atoms with Crippen LogP contribution in [0.1, 0.15) is 24.5 Å². The van der Waals surface area contributed by atoms with Gasteiger partial charge in [-0.25, -0.2) is 10.2 Å². The van der Waals surface area contributed by atoms with Crippen molar-refractivity contribution in [2.45, 2.75) is 25.7 Å². The number of rotatable bonds is 9. The summed E-state index contributed by atoms with van der Waals surface area (Å²) in [5, 5.41) is 27.0. The molecule has 0 fully saturated rings. The molecule has 6 aromatic rings. The Morgan fingerprint density at radius 3 is 0.975 bits per heavy atom. The molecule has 0 bridgehead atoms. The van der Waals surface area contributed by atoms with Crippen molar-refractivity contribution in [2.24, 2.45) is 0 Å². The summed E-state index contributed by atoms with van der Waals surface area (Å²) in [7, 11) is 0. The molecule has 0 atom stereocenters. The fourth-order valence-corrected chi connectivity index (χ4v) is 13.2. The fraction of sp³-hybridized carbons (Fsp3) is 0.133. The zero-order chi connectivity index (χ0) is 27.5. The monoisotopic (exact) mass is 912 g/mol. The van der Waals surface area contributed by atoms with Gasteiger partial charge in [-0.05, 0) is 33.7 Å². The quantitative estimate of drug-likeness (QED) is 0.170. The Bertz CT molecular complexity index is 1230. The molecule has 6 rings (SSSR count). The zero-order valence-electron chi connectivity index (χ0n) is 22.2. The number of H-pyrrole nitrogens is 2. The molecule has 40 heavy (non-hydrogen) atoms. The van der Waals surface area contributed by atoms with Crippen LogP contribution in [0, 0.1) is 0 Å². The minimum atomic E-state index is -0.866. The van der Waals surface area contributed by atoms with E-state index in [0.29, 0.717) is 0 Å². The maximum absolute atomic E-state index is 3.79. The van der Waals surface area contributed by atoms with Crippen molar-refractivity contribution in [3.8, 4) is 0 Å². The Balaban J connectivity index is 0.000000139. The number of hydrogen-bond donors (Lipinski definition) is 2. The molecule has 4 aromatic carbocycles. The second kappa shape index (κ2) is 18.3. The average Bonchev–Trinajstić information content (AvgIpc) is 3.73. The van der Waals surface area contributed by atoms with Gasteiger partial charge in [0.25, 0.3) is 0 Å². The van der Waals surface area contributed by atoms with Crippen molar-refractivity contribution in [3.05, 3.63) is 133 Å². The van der Waals surface area contributed by atoms with Crippen LogP contribution in [0.2, 0.25) is 0 Å². The Morgan fingerprint density at radius 2 is 0.725 bits per heavy atom. The van der Waals surface area contributed by atoms with Crippen molar-refractivity contribution >= 4 is 61.0 Å². The molecule has 0 spiro atoms. The molecule has 0 radical (unpaired) electrons. The van der Waals surface area contributed by atoms with Gasteiger partial charge in [0.15, 0.2) is 0 Å². The first kappa shape index (κ1) is 29.8. The molecule has 0 unspecified atom stereocenters. The average molecular weight is 911 g/mol. The molecule has 10 heteroatoms. The second-order valence-corrected chi connectivity index (χ2v) is 21.4. The molecule has 0 saturated carbocycles. The molecule has 2 aromatic heterocycles. The van der Waals surface area contributed by atoms with Gasteiger partial charge in [-0.15, -0.1) is 10.2 Å². The van der Waals surface area contributed by atoms with E-state index in [4.69, 9.17) is 0 Å². The van der Waals surface area contributed by atoms with E-state index in [0.717, 1.165) is 37.3 Å². The van der Waals surface area contributed by atoms with Gasteiger partial charge in [-0.1, -0.05) is 0 Å². The number of nitrogens with one attached hydrogen (secondary N) is 2. The number of aromatic amines is 2. The minimum absolute atomic E-state index is 0.820. The molecular formula is C30H30N8Tl2. The summed E-state index contributed by atoms with van der Waals surface area (Å²) in [6.07, 6.45) is 3.73. The van der Waals surface area contributed by atoms with Crippen molar-refractivity contribution < 1.29 is 0 Å². The number of unbranched alkanes of at least 4 members (excludes halogenated alkanes) is 1. The number of nitrogens with zero attached hydrogens (tertiary/aromatic N) is 6. The Kier molecular flexibility index (Phi) is 13.6. The van der Waals surface area contributed by atoms with Gasteiger partial charge < -0.3 is 0 Å². The molecular weight excluding hydrogens is 881 g/mol. The van der Waals surface area contributed by atoms with Crippen molar-refractivity contribution in [2.75, 3.05) is 0 Å². The first-order valence-electron chi connectivity index (χ1n) is 13.2. The van der Waals surface area contributed by atoms with Gasteiger partial charge in [0.05, 0.1) is 0 Å². The van der Waals surface area contributed by atoms with E-state index in [1.807, 2.05) is 0 Å². The summed E-state index contributed by atoms with van der Waals surface area (Å²) >= 11 is -1.73. The zero-order valence-corrected chi connectivity index (χ0v) is 31.2. The number of hydrogen-bond acceptors (Lipinski definition) is 6. The van der Waals surface area contributed by atoms with Gasteiger partial charge in [0, 0.05) is 12.8 Å². The summed E-state index contributed by atoms with van der Waals surface area (Å²) in [6, 6.07) is 43.4. The van der Waals surface area contributed by atoms with E-state index in [1.165, 1.54) is 0 Å². The van der Waals surface area contributed by atoms with E-state index in [-0.39, 0.29) is 0 Å². The summed E-state index contributed by atoms with van der Waals surface area (Å²) < 4.78 is 6.31. The maximum atomic E-state index is 3.79. The van der Waals surface area contributed by atoms with Crippen LogP contribution in [0.5, 0.6) is 0 Å². The normalized spacial score (nSPS) is 9.70. The van der Waals surface area contributed by atoms with Crippen LogP contribution in [-0.2, 0) is 12.8 Å². The fourth-order valence-electron chi connectivity index (χ4n) is 3.74. The van der Waals surface area contributed by atoms with E-state index >= 15 is 0 Å². The third-order valence-corrected chi connectivity index (χ3v) is 16.9. The Labute approximate surface area is 258 Å². The van der Waals surface area contributed by atoms with Gasteiger partial charge in [0.1, 0.15) is 11.6 Å². The first-order chi connectivity index (χ1) is 19.8. The predicted molar refractivity (Wildman–Crippen MR) is 161 cm³/mol. The van der Waals surface area contributed by atoms with E-state index in [1.54, 1.807) is 12.5 Å². The van der Waals surface area contributed by atoms with E-state index < -0.39 is 48.5 Å². The van der Waals surface area contributed by atoms with Crippen LogP contribution in [-0.4, -0.2) is 89.7 Å². The predicted octanol–water partition coefficient (Wildman–Crippen LogP) is 1.96. The first-order valence-corrected chi connectivity index (χ1v) is 22.2. The third kappa shape index (κ3) is 11.9. The van der Waals surface area contributed by atoms with Crippen LogP contribution in [0.15, 0.2) is 121 Å². The molecule has 0 aliphatic carbocycles. The van der Waals surface area contributed by atoms with Gasteiger partial charge in [-0.2, -0.15) is 0 Å². The third-order valence-electron chi connectivity index (χ3n) is 5.72. The van der Waals surface area contributed by atoms with Crippen molar-refractivity contribution in [3.63, 3.8) is 0 Å². The number of aryl methyl sites for hydroxylation is 2. The van der Waals surface area contributed by atoms with Crippen LogP contribution in [0.3, 0.4) is 0 Å². The molecule has 0 saturated heterocycles. The van der Waals surface area contributed by atoms with Gasteiger partial charge in [0.2, 0.25) is 0 Å². The van der Waals surface area contributed by atoms with Crippen molar-refractivity contribution in [1.82, 2.24) is 41.2 Å². The Hall–Kier alpha value is -3.14. The molecule has 2 heterocycles. The molecule has 8 nitrogen and oxygen atoms in total. The molecule has 0 aliphatic rings. The molecule has 0 aliphatic heterocycles. The number of benzene rings is 4. The van der Waals surface area contributed by atoms with Crippen molar-refractivity contribution in [1.29, 1.82) is 0 Å². The summed E-state index contributed by atoms with van der Waals surface area (Å²) in [5.74, 6) is 1.64. The van der Waals surface area contributed by atoms with Gasteiger partial charge in [-0.3, -0.25) is 0 Å². The molecule has 0 amide bonds. The van der Waals surface area contributed by atoms with Gasteiger partial charge >= 0.3 is 182 Å². The topological polar surface area (TPSA) is 109 Å². The SMILES string of the molecule is C(CCc1nnn[nH]1)Cc1nnn[nH]1.c1cc[c]([Tl][c]2ccccc2)cc1.c1cc[c]([Tl][c]2ccccc2)cc1. The number of aromatic nitrogens is 8. The van der Waals surface area contributed by atoms with E-state index in [9.17, 15) is 0 Å². The second-order valence-electron chi connectivity index (χ2n) is 8.83. The van der Waals surface area contributed by atoms with E-state index in [2.05, 4.69) is 163 Å². The van der Waals surface area contributed by atoms with Crippen LogP contribution >= 0.6 is 0 Å². The Morgan fingerprint density at radius 1 is 0.425 bits per heavy atom. The summed E-state index contributed by atoms with van der Waals surface area (Å²) in [6.45, 7) is 0. The van der Waals surface area contributed by atoms with Crippen LogP contribution in [0.25, 0.3) is 0 Å².